The second-order valence-corrected chi connectivity index (χ2v) is 5.78. The molecule has 0 bridgehead atoms. The van der Waals surface area contributed by atoms with E-state index in [-0.39, 0.29) is 11.8 Å². The van der Waals surface area contributed by atoms with Gasteiger partial charge >= 0.3 is 5.76 Å². The Bertz CT molecular complexity index is 729. The smallest absolute Gasteiger partial charge is 0.408 e. The van der Waals surface area contributed by atoms with Crippen LogP contribution < -0.4 is 11.5 Å². The van der Waals surface area contributed by atoms with Crippen molar-refractivity contribution in [3.63, 3.8) is 0 Å². The summed E-state index contributed by atoms with van der Waals surface area (Å²) in [5.74, 6) is -0.697. The van der Waals surface area contributed by atoms with Gasteiger partial charge in [-0.1, -0.05) is 11.6 Å². The monoisotopic (exact) mass is 309 g/mol. The van der Waals surface area contributed by atoms with Crippen LogP contribution in [0.3, 0.4) is 0 Å². The van der Waals surface area contributed by atoms with E-state index in [0.29, 0.717) is 17.3 Å². The Hall–Kier alpha value is -1.79. The number of amides is 1. The maximum absolute atomic E-state index is 11.9. The van der Waals surface area contributed by atoms with Crippen LogP contribution in [0.15, 0.2) is 27.4 Å². The highest BCUT2D eigenvalue weighted by Gasteiger charge is 2.24. The molecule has 0 saturated carbocycles. The van der Waals surface area contributed by atoms with Crippen LogP contribution in [0.25, 0.3) is 11.1 Å². The van der Waals surface area contributed by atoms with Crippen molar-refractivity contribution in [1.29, 1.82) is 0 Å². The van der Waals surface area contributed by atoms with E-state index in [1.165, 1.54) is 0 Å². The van der Waals surface area contributed by atoms with Crippen molar-refractivity contribution < 1.29 is 9.21 Å². The Morgan fingerprint density at radius 2 is 2.10 bits per heavy atom. The van der Waals surface area contributed by atoms with E-state index in [1.54, 1.807) is 22.8 Å². The number of piperidine rings is 1. The summed E-state index contributed by atoms with van der Waals surface area (Å²) < 4.78 is 6.78. The molecule has 1 aliphatic heterocycles. The lowest BCUT2D eigenvalue weighted by Gasteiger charge is -2.30. The van der Waals surface area contributed by atoms with Gasteiger partial charge in [-0.25, -0.2) is 4.79 Å². The summed E-state index contributed by atoms with van der Waals surface area (Å²) in [6.07, 6.45) is 1.46. The molecule has 2 aromatic rings. The van der Waals surface area contributed by atoms with Gasteiger partial charge in [0.05, 0.1) is 12.2 Å². The normalized spacial score (nSPS) is 17.4. The van der Waals surface area contributed by atoms with E-state index in [1.807, 2.05) is 0 Å². The molecule has 0 unspecified atom stereocenters. The van der Waals surface area contributed by atoms with Crippen molar-refractivity contribution in [3.8, 4) is 0 Å². The molecule has 0 radical (unpaired) electrons. The lowest BCUT2D eigenvalue weighted by atomic mass is 9.97. The first-order valence-corrected chi connectivity index (χ1v) is 7.23. The molecule has 1 fully saturated rings. The molecule has 1 aliphatic rings. The quantitative estimate of drug-likeness (QED) is 0.929. The van der Waals surface area contributed by atoms with Gasteiger partial charge in [0, 0.05) is 30.1 Å². The highest BCUT2D eigenvalue weighted by molar-refractivity contribution is 6.31. The number of rotatable bonds is 3. The van der Waals surface area contributed by atoms with Crippen LogP contribution in [-0.2, 0) is 11.5 Å². The number of nitrogens with zero attached hydrogens (tertiary/aromatic N) is 2. The average Bonchev–Trinajstić information content (AvgIpc) is 2.75. The molecule has 2 heterocycles. The second kappa shape index (κ2) is 5.54. The van der Waals surface area contributed by atoms with Crippen LogP contribution in [0.1, 0.15) is 12.8 Å². The van der Waals surface area contributed by atoms with Crippen LogP contribution in [0, 0.1) is 5.92 Å². The largest absolute Gasteiger partial charge is 0.421 e. The van der Waals surface area contributed by atoms with Gasteiger partial charge in [-0.15, -0.1) is 0 Å². The zero-order valence-corrected chi connectivity index (χ0v) is 12.2. The molecule has 6 nitrogen and oxygen atoms in total. The van der Waals surface area contributed by atoms with Gasteiger partial charge in [0.25, 0.3) is 0 Å². The SMILES string of the molecule is NC(=O)C1CCN(Cn2c(=O)oc3cc(Cl)ccc32)CC1. The molecule has 0 atom stereocenters. The third kappa shape index (κ3) is 2.82. The number of aromatic nitrogens is 1. The van der Waals surface area contributed by atoms with Crippen molar-refractivity contribution >= 4 is 28.6 Å². The van der Waals surface area contributed by atoms with Gasteiger partial charge in [-0.3, -0.25) is 14.3 Å². The maximum atomic E-state index is 11.9. The highest BCUT2D eigenvalue weighted by atomic mass is 35.5. The predicted octanol–water partition coefficient (Wildman–Crippen LogP) is 1.40. The standard InChI is InChI=1S/C14H16ClN3O3/c15-10-1-2-11-12(7-10)21-14(20)18(11)8-17-5-3-9(4-6-17)13(16)19/h1-2,7,9H,3-6,8H2,(H2,16,19). The van der Waals surface area contributed by atoms with Gasteiger partial charge < -0.3 is 10.2 Å². The Kier molecular flexibility index (Phi) is 3.73. The maximum Gasteiger partial charge on any atom is 0.421 e. The van der Waals surface area contributed by atoms with E-state index in [2.05, 4.69) is 4.90 Å². The highest BCUT2D eigenvalue weighted by Crippen LogP contribution is 2.21. The average molecular weight is 310 g/mol. The topological polar surface area (TPSA) is 81.5 Å². The van der Waals surface area contributed by atoms with Crippen molar-refractivity contribution in [2.24, 2.45) is 11.7 Å². The van der Waals surface area contributed by atoms with Gasteiger partial charge in [0.1, 0.15) is 0 Å². The number of hydrogen-bond donors (Lipinski definition) is 1. The predicted molar refractivity (Wildman–Crippen MR) is 79.0 cm³/mol. The fourth-order valence-corrected chi connectivity index (χ4v) is 2.90. The zero-order chi connectivity index (χ0) is 15.0. The summed E-state index contributed by atoms with van der Waals surface area (Å²) in [6.45, 7) is 1.92. The first kappa shape index (κ1) is 14.2. The van der Waals surface area contributed by atoms with E-state index in [4.69, 9.17) is 21.8 Å². The number of benzene rings is 1. The molecule has 2 N–H and O–H groups in total. The van der Waals surface area contributed by atoms with Gasteiger partial charge in [0.15, 0.2) is 5.58 Å². The van der Waals surface area contributed by atoms with E-state index >= 15 is 0 Å². The van der Waals surface area contributed by atoms with Crippen molar-refractivity contribution in [2.45, 2.75) is 19.5 Å². The molecule has 112 valence electrons. The molecule has 1 aromatic heterocycles. The molecule has 3 rings (SSSR count). The summed E-state index contributed by atoms with van der Waals surface area (Å²) in [5, 5.41) is 0.533. The van der Waals surface area contributed by atoms with Crippen molar-refractivity contribution in [2.75, 3.05) is 13.1 Å². The summed E-state index contributed by atoms with van der Waals surface area (Å²) >= 11 is 5.89. The molecular weight excluding hydrogens is 294 g/mol. The molecule has 7 heteroatoms. The molecular formula is C14H16ClN3O3. The van der Waals surface area contributed by atoms with Gasteiger partial charge in [0.2, 0.25) is 5.91 Å². The fourth-order valence-electron chi connectivity index (χ4n) is 2.73. The number of primary amides is 1. The Labute approximate surface area is 126 Å². The first-order valence-electron chi connectivity index (χ1n) is 6.85. The first-order chi connectivity index (χ1) is 10.0. The summed E-state index contributed by atoms with van der Waals surface area (Å²) in [6, 6.07) is 5.14. The Morgan fingerprint density at radius 3 is 2.76 bits per heavy atom. The molecule has 1 amide bonds. The summed E-state index contributed by atoms with van der Waals surface area (Å²) in [5.41, 5.74) is 6.53. The second-order valence-electron chi connectivity index (χ2n) is 5.34. The number of halogens is 1. The van der Waals surface area contributed by atoms with Crippen molar-refractivity contribution in [1.82, 2.24) is 9.47 Å². The molecule has 0 aliphatic carbocycles. The fraction of sp³-hybridized carbons (Fsp3) is 0.429. The molecule has 21 heavy (non-hydrogen) atoms. The number of hydrogen-bond acceptors (Lipinski definition) is 4. The Balaban J connectivity index is 1.78. The number of carbonyl (C=O) groups excluding carboxylic acids is 1. The van der Waals surface area contributed by atoms with Crippen LogP contribution in [0.5, 0.6) is 0 Å². The minimum atomic E-state index is -0.399. The summed E-state index contributed by atoms with van der Waals surface area (Å²) in [7, 11) is 0. The van der Waals surface area contributed by atoms with Crippen LogP contribution in [0.4, 0.5) is 0 Å². The number of oxazole rings is 1. The van der Waals surface area contributed by atoms with Crippen LogP contribution >= 0.6 is 11.6 Å². The third-order valence-corrected chi connectivity index (χ3v) is 4.20. The lowest BCUT2D eigenvalue weighted by molar-refractivity contribution is -0.123. The van der Waals surface area contributed by atoms with E-state index < -0.39 is 5.76 Å². The molecule has 0 spiro atoms. The third-order valence-electron chi connectivity index (χ3n) is 3.96. The van der Waals surface area contributed by atoms with Crippen LogP contribution in [-0.4, -0.2) is 28.5 Å². The minimum absolute atomic E-state index is 0.0575. The Morgan fingerprint density at radius 1 is 1.38 bits per heavy atom. The van der Waals surface area contributed by atoms with Gasteiger partial charge in [-0.2, -0.15) is 0 Å². The van der Waals surface area contributed by atoms with E-state index in [0.717, 1.165) is 31.4 Å². The number of likely N-dealkylation sites (tertiary alicyclic amines) is 1. The number of carbonyl (C=O) groups is 1. The van der Waals surface area contributed by atoms with E-state index in [9.17, 15) is 9.59 Å². The van der Waals surface area contributed by atoms with Crippen LogP contribution in [0.2, 0.25) is 5.02 Å². The number of nitrogens with two attached hydrogens (primary N) is 1. The van der Waals surface area contributed by atoms with Crippen molar-refractivity contribution in [3.05, 3.63) is 33.8 Å². The molecule has 1 saturated heterocycles. The van der Waals surface area contributed by atoms with Gasteiger partial charge in [-0.05, 0) is 25.0 Å². The molecule has 1 aromatic carbocycles. The lowest BCUT2D eigenvalue weighted by Crippen LogP contribution is -2.40. The number of fused-ring (bicyclic) bond motifs is 1. The zero-order valence-electron chi connectivity index (χ0n) is 11.4. The minimum Gasteiger partial charge on any atom is -0.408 e. The summed E-state index contributed by atoms with van der Waals surface area (Å²) in [4.78, 5) is 25.2.